The maximum atomic E-state index is 13.1. The van der Waals surface area contributed by atoms with Crippen LogP contribution in [0.15, 0.2) is 35.3 Å². The van der Waals surface area contributed by atoms with E-state index in [1.807, 2.05) is 44.2 Å². The number of hydrogen-bond acceptors (Lipinski definition) is 6. The molecule has 36 heavy (non-hydrogen) atoms. The summed E-state index contributed by atoms with van der Waals surface area (Å²) in [5, 5.41) is 7.98. The van der Waals surface area contributed by atoms with E-state index in [0.717, 1.165) is 5.56 Å². The fraction of sp³-hybridized carbons (Fsp3) is 0.560. The van der Waals surface area contributed by atoms with Crippen molar-refractivity contribution in [1.29, 1.82) is 0 Å². The predicted molar refractivity (Wildman–Crippen MR) is 138 cm³/mol. The number of rotatable bonds is 15. The molecule has 0 aromatic heterocycles. The zero-order chi connectivity index (χ0) is 27.1. The second-order valence-electron chi connectivity index (χ2n) is 9.32. The highest BCUT2D eigenvalue weighted by atomic mass is 16.5. The van der Waals surface area contributed by atoms with E-state index in [1.165, 1.54) is 0 Å². The number of carbonyl (C=O) groups excluding carboxylic acids is 4. The van der Waals surface area contributed by atoms with Gasteiger partial charge in [0, 0.05) is 6.54 Å². The Balaban J connectivity index is 2.76. The molecule has 0 heterocycles. The summed E-state index contributed by atoms with van der Waals surface area (Å²) in [6.07, 6.45) is 1.09. The third kappa shape index (κ3) is 12.2. The lowest BCUT2D eigenvalue weighted by Crippen LogP contribution is -2.57. The van der Waals surface area contributed by atoms with Crippen molar-refractivity contribution in [1.82, 2.24) is 16.0 Å². The van der Waals surface area contributed by atoms with Crippen molar-refractivity contribution in [3.63, 3.8) is 0 Å². The number of alkyl carbamates (subject to hydrolysis) is 1. The molecule has 0 saturated carbocycles. The Bertz CT molecular complexity index is 871. The minimum absolute atomic E-state index is 0.0437. The highest BCUT2D eigenvalue weighted by Crippen LogP contribution is 2.09. The van der Waals surface area contributed by atoms with Crippen LogP contribution in [0.4, 0.5) is 4.79 Å². The summed E-state index contributed by atoms with van der Waals surface area (Å²) >= 11 is 0. The first-order chi connectivity index (χ1) is 17.0. The Morgan fingerprint density at radius 2 is 1.67 bits per heavy atom. The zero-order valence-electron chi connectivity index (χ0n) is 21.5. The number of amides is 3. The maximum absolute atomic E-state index is 13.1. The van der Waals surface area contributed by atoms with Gasteiger partial charge in [-0.15, -0.1) is 0 Å². The van der Waals surface area contributed by atoms with Crippen molar-refractivity contribution in [2.24, 2.45) is 28.3 Å². The van der Waals surface area contributed by atoms with E-state index in [9.17, 15) is 19.2 Å². The van der Waals surface area contributed by atoms with Gasteiger partial charge in [0.25, 0.3) is 0 Å². The van der Waals surface area contributed by atoms with Crippen LogP contribution in [0.25, 0.3) is 0 Å². The number of benzene rings is 1. The third-order valence-electron chi connectivity index (χ3n) is 5.23. The second-order valence-corrected chi connectivity index (χ2v) is 9.32. The summed E-state index contributed by atoms with van der Waals surface area (Å²) in [6.45, 7) is 7.78. The van der Waals surface area contributed by atoms with Crippen LogP contribution in [0.5, 0.6) is 0 Å². The Hall–Kier alpha value is -3.63. The van der Waals surface area contributed by atoms with Gasteiger partial charge in [0.2, 0.25) is 11.8 Å². The molecule has 0 fully saturated rings. The fourth-order valence-corrected chi connectivity index (χ4v) is 3.36. The molecule has 0 aliphatic heterocycles. The van der Waals surface area contributed by atoms with Crippen LogP contribution in [-0.2, 0) is 25.7 Å². The molecule has 3 amide bonds. The van der Waals surface area contributed by atoms with E-state index >= 15 is 0 Å². The van der Waals surface area contributed by atoms with E-state index in [4.69, 9.17) is 16.2 Å². The summed E-state index contributed by atoms with van der Waals surface area (Å²) in [5.41, 5.74) is 11.4. The lowest BCUT2D eigenvalue weighted by molar-refractivity contribution is -0.132. The molecule has 0 unspecified atom stereocenters. The van der Waals surface area contributed by atoms with Gasteiger partial charge in [-0.1, -0.05) is 58.0 Å². The number of nitrogens with two attached hydrogens (primary N) is 2. The quantitative estimate of drug-likeness (QED) is 0.103. The van der Waals surface area contributed by atoms with E-state index in [0.29, 0.717) is 32.1 Å². The largest absolute Gasteiger partial charge is 0.445 e. The van der Waals surface area contributed by atoms with Crippen LogP contribution in [0.1, 0.15) is 52.5 Å². The summed E-state index contributed by atoms with van der Waals surface area (Å²) < 4.78 is 5.25. The van der Waals surface area contributed by atoms with Crippen LogP contribution < -0.4 is 27.4 Å². The zero-order valence-corrected chi connectivity index (χ0v) is 21.5. The summed E-state index contributed by atoms with van der Waals surface area (Å²) in [7, 11) is 0. The molecule has 0 radical (unpaired) electrons. The Kier molecular flexibility index (Phi) is 13.6. The summed E-state index contributed by atoms with van der Waals surface area (Å²) in [5.74, 6) is -1.23. The number of aldehydes is 1. The average Bonchev–Trinajstić information content (AvgIpc) is 2.82. The molecule has 1 aromatic carbocycles. The van der Waals surface area contributed by atoms with Crippen LogP contribution in [-0.4, -0.2) is 54.8 Å². The van der Waals surface area contributed by atoms with E-state index in [-0.39, 0.29) is 24.4 Å². The number of ether oxygens (including phenoxy) is 1. The van der Waals surface area contributed by atoms with Gasteiger partial charge in [0.05, 0.1) is 6.04 Å². The second kappa shape index (κ2) is 16.1. The van der Waals surface area contributed by atoms with Gasteiger partial charge in [-0.05, 0) is 36.7 Å². The molecule has 3 atom stereocenters. The first-order valence-corrected chi connectivity index (χ1v) is 12.1. The molecular formula is C25H40N6O5. The smallest absolute Gasteiger partial charge is 0.408 e. The number of guanidine groups is 1. The molecule has 0 saturated heterocycles. The molecule has 7 N–H and O–H groups in total. The molecule has 0 bridgehead atoms. The first kappa shape index (κ1) is 30.4. The molecule has 200 valence electrons. The molecule has 0 aliphatic carbocycles. The number of nitrogens with one attached hydrogen (secondary N) is 3. The van der Waals surface area contributed by atoms with Crippen molar-refractivity contribution in [2.45, 2.75) is 71.7 Å². The van der Waals surface area contributed by atoms with E-state index < -0.39 is 36.0 Å². The van der Waals surface area contributed by atoms with Crippen molar-refractivity contribution in [3.05, 3.63) is 35.9 Å². The van der Waals surface area contributed by atoms with Crippen molar-refractivity contribution >= 4 is 30.2 Å². The highest BCUT2D eigenvalue weighted by molar-refractivity contribution is 5.92. The molecule has 0 spiro atoms. The van der Waals surface area contributed by atoms with Crippen LogP contribution in [0.2, 0.25) is 0 Å². The number of hydrogen-bond donors (Lipinski definition) is 5. The van der Waals surface area contributed by atoms with Crippen molar-refractivity contribution in [2.75, 3.05) is 6.54 Å². The lowest BCUT2D eigenvalue weighted by Gasteiger charge is -2.27. The minimum atomic E-state index is -0.908. The van der Waals surface area contributed by atoms with Gasteiger partial charge in [0.1, 0.15) is 25.0 Å². The van der Waals surface area contributed by atoms with E-state index in [1.54, 1.807) is 13.8 Å². The summed E-state index contributed by atoms with van der Waals surface area (Å²) in [6, 6.07) is 6.62. The van der Waals surface area contributed by atoms with Gasteiger partial charge in [-0.2, -0.15) is 0 Å². The summed E-state index contributed by atoms with van der Waals surface area (Å²) in [4.78, 5) is 53.6. The first-order valence-electron chi connectivity index (χ1n) is 12.1. The van der Waals surface area contributed by atoms with Crippen LogP contribution in [0.3, 0.4) is 0 Å². The Morgan fingerprint density at radius 3 is 2.22 bits per heavy atom. The molecule has 1 rings (SSSR count). The van der Waals surface area contributed by atoms with Gasteiger partial charge in [0.15, 0.2) is 5.96 Å². The van der Waals surface area contributed by atoms with E-state index in [2.05, 4.69) is 20.9 Å². The average molecular weight is 505 g/mol. The number of nitrogens with zero attached hydrogens (tertiary/aromatic N) is 1. The van der Waals surface area contributed by atoms with Crippen molar-refractivity contribution in [3.8, 4) is 0 Å². The van der Waals surface area contributed by atoms with Crippen LogP contribution in [0, 0.1) is 11.8 Å². The predicted octanol–water partition coefficient (Wildman–Crippen LogP) is 1.21. The topological polar surface area (TPSA) is 178 Å². The van der Waals surface area contributed by atoms with Crippen LogP contribution >= 0.6 is 0 Å². The van der Waals surface area contributed by atoms with Crippen molar-refractivity contribution < 1.29 is 23.9 Å². The maximum Gasteiger partial charge on any atom is 0.408 e. The minimum Gasteiger partial charge on any atom is -0.445 e. The number of carbonyl (C=O) groups is 4. The fourth-order valence-electron chi connectivity index (χ4n) is 3.36. The molecule has 0 aliphatic rings. The number of aliphatic imine (C=N–C) groups is 1. The van der Waals surface area contributed by atoms with Gasteiger partial charge >= 0.3 is 6.09 Å². The molecule has 1 aromatic rings. The normalized spacial score (nSPS) is 13.3. The van der Waals surface area contributed by atoms with Gasteiger partial charge in [-0.3, -0.25) is 14.6 Å². The standard InChI is InChI=1S/C25H40N6O5/c1-16(2)13-20(30-25(35)36-15-18-9-6-5-7-10-18)22(33)31-21(17(3)4)23(34)29-19(14-32)11-8-12-28-24(26)27/h5-7,9-10,14,16-17,19-21H,8,11-13,15H2,1-4H3,(H,29,34)(H,30,35)(H,31,33)(H4,26,27,28)/t19-,20-,21-/m0/s1. The molecular weight excluding hydrogens is 464 g/mol. The Labute approximate surface area is 212 Å². The third-order valence-corrected chi connectivity index (χ3v) is 5.23. The lowest BCUT2D eigenvalue weighted by atomic mass is 9.99. The SMILES string of the molecule is CC(C)C[C@H](NC(=O)OCc1ccccc1)C(=O)N[C@H](C(=O)N[C@H](C=O)CCCN=C(N)N)C(C)C. The van der Waals surface area contributed by atoms with Gasteiger partial charge < -0.3 is 36.9 Å². The molecule has 11 nitrogen and oxygen atoms in total. The molecule has 11 heteroatoms. The monoisotopic (exact) mass is 504 g/mol. The van der Waals surface area contributed by atoms with Gasteiger partial charge in [-0.25, -0.2) is 4.79 Å². The highest BCUT2D eigenvalue weighted by Gasteiger charge is 2.30. The Morgan fingerprint density at radius 1 is 1.00 bits per heavy atom.